The molecular formula is C23H20Cl2N4O5S. The third-order valence-corrected chi connectivity index (χ3v) is 6.64. The maximum atomic E-state index is 13.3. The Morgan fingerprint density at radius 2 is 1.63 bits per heavy atom. The van der Waals surface area contributed by atoms with Crippen molar-refractivity contribution in [3.8, 4) is 5.75 Å². The number of carbonyl (C=O) groups is 2. The minimum atomic E-state index is -4.12. The summed E-state index contributed by atoms with van der Waals surface area (Å²) in [6.07, 6.45) is 1.36. The fourth-order valence-corrected chi connectivity index (χ4v) is 4.81. The van der Waals surface area contributed by atoms with Gasteiger partial charge in [0.25, 0.3) is 21.8 Å². The van der Waals surface area contributed by atoms with Gasteiger partial charge in [-0.3, -0.25) is 13.9 Å². The lowest BCUT2D eigenvalue weighted by Crippen LogP contribution is -2.39. The van der Waals surface area contributed by atoms with Crippen LogP contribution in [0.4, 0.5) is 5.69 Å². The molecule has 0 bridgehead atoms. The van der Waals surface area contributed by atoms with E-state index in [2.05, 4.69) is 10.5 Å². The molecule has 0 heterocycles. The summed E-state index contributed by atoms with van der Waals surface area (Å²) in [4.78, 5) is 23.4. The van der Waals surface area contributed by atoms with Crippen LogP contribution in [0.5, 0.6) is 5.75 Å². The minimum absolute atomic E-state index is 0.00829. The van der Waals surface area contributed by atoms with Gasteiger partial charge in [-0.2, -0.15) is 5.10 Å². The fraction of sp³-hybridized carbons (Fsp3) is 0.0870. The van der Waals surface area contributed by atoms with E-state index in [1.807, 2.05) is 0 Å². The highest BCUT2D eigenvalue weighted by Gasteiger charge is 2.27. The van der Waals surface area contributed by atoms with Gasteiger partial charge in [0.15, 0.2) is 6.61 Å². The Kier molecular flexibility index (Phi) is 8.69. The number of benzene rings is 3. The Morgan fingerprint density at radius 3 is 2.23 bits per heavy atom. The Balaban J connectivity index is 1.75. The number of hydrazone groups is 1. The summed E-state index contributed by atoms with van der Waals surface area (Å²) in [5.41, 5.74) is 8.08. The molecule has 182 valence electrons. The highest BCUT2D eigenvalue weighted by atomic mass is 35.5. The van der Waals surface area contributed by atoms with Crippen LogP contribution in [-0.2, 0) is 19.6 Å². The van der Waals surface area contributed by atoms with Gasteiger partial charge >= 0.3 is 0 Å². The molecule has 0 aromatic heterocycles. The molecule has 9 nitrogen and oxygen atoms in total. The molecule has 12 heteroatoms. The molecule has 3 N–H and O–H groups in total. The van der Waals surface area contributed by atoms with Crippen LogP contribution < -0.4 is 20.2 Å². The van der Waals surface area contributed by atoms with Crippen LogP contribution in [0.25, 0.3) is 0 Å². The van der Waals surface area contributed by atoms with E-state index >= 15 is 0 Å². The first-order valence-corrected chi connectivity index (χ1v) is 12.2. The Bertz CT molecular complexity index is 1310. The molecule has 0 spiro atoms. The molecule has 0 unspecified atom stereocenters. The van der Waals surface area contributed by atoms with Gasteiger partial charge in [-0.25, -0.2) is 13.8 Å². The summed E-state index contributed by atoms with van der Waals surface area (Å²) in [6, 6.07) is 18.4. The maximum Gasteiger partial charge on any atom is 0.264 e. The number of primary amides is 1. The van der Waals surface area contributed by atoms with Crippen LogP contribution in [0.2, 0.25) is 10.0 Å². The zero-order valence-electron chi connectivity index (χ0n) is 18.1. The predicted molar refractivity (Wildman–Crippen MR) is 134 cm³/mol. The maximum absolute atomic E-state index is 13.3. The van der Waals surface area contributed by atoms with Crippen molar-refractivity contribution in [2.24, 2.45) is 10.8 Å². The molecule has 0 aliphatic rings. The summed E-state index contributed by atoms with van der Waals surface area (Å²) in [5.74, 6) is -0.855. The second kappa shape index (κ2) is 11.7. The van der Waals surface area contributed by atoms with Gasteiger partial charge < -0.3 is 10.5 Å². The first-order chi connectivity index (χ1) is 16.6. The quantitative estimate of drug-likeness (QED) is 0.304. The van der Waals surface area contributed by atoms with E-state index in [4.69, 9.17) is 33.7 Å². The first kappa shape index (κ1) is 26.0. The lowest BCUT2D eigenvalue weighted by atomic mass is 10.2. The average Bonchev–Trinajstić information content (AvgIpc) is 2.82. The standard InChI is InChI=1S/C23H20Cl2N4O5S/c24-17-10-18(25)12-19(11-17)29(35(32,33)21-4-2-1-3-5-21)14-23(31)28-27-13-16-6-8-20(9-7-16)34-15-22(26)30/h1-13H,14-15H2,(H2,26,30)(H,28,31)/b27-13-. The zero-order valence-corrected chi connectivity index (χ0v) is 20.4. The van der Waals surface area contributed by atoms with E-state index in [0.717, 1.165) is 4.31 Å². The summed E-state index contributed by atoms with van der Waals surface area (Å²) < 4.78 is 32.7. The van der Waals surface area contributed by atoms with Gasteiger partial charge in [0.1, 0.15) is 12.3 Å². The van der Waals surface area contributed by atoms with Crippen molar-refractivity contribution in [2.75, 3.05) is 17.5 Å². The number of sulfonamides is 1. The van der Waals surface area contributed by atoms with Crippen molar-refractivity contribution in [1.29, 1.82) is 0 Å². The summed E-state index contributed by atoms with van der Waals surface area (Å²) in [5, 5.41) is 4.29. The molecule has 3 rings (SSSR count). The van der Waals surface area contributed by atoms with Crippen molar-refractivity contribution in [3.63, 3.8) is 0 Å². The molecule has 0 radical (unpaired) electrons. The smallest absolute Gasteiger partial charge is 0.264 e. The van der Waals surface area contributed by atoms with Crippen LogP contribution in [0.3, 0.4) is 0 Å². The first-order valence-electron chi connectivity index (χ1n) is 10.0. The number of nitrogens with zero attached hydrogens (tertiary/aromatic N) is 2. The third kappa shape index (κ3) is 7.44. The highest BCUT2D eigenvalue weighted by molar-refractivity contribution is 7.92. The molecule has 3 aromatic rings. The van der Waals surface area contributed by atoms with Gasteiger partial charge in [0, 0.05) is 10.0 Å². The minimum Gasteiger partial charge on any atom is -0.484 e. The largest absolute Gasteiger partial charge is 0.484 e. The molecule has 0 saturated heterocycles. The molecular weight excluding hydrogens is 515 g/mol. The number of halogens is 2. The third-order valence-electron chi connectivity index (χ3n) is 4.42. The zero-order chi connectivity index (χ0) is 25.4. The average molecular weight is 535 g/mol. The summed E-state index contributed by atoms with van der Waals surface area (Å²) in [6.45, 7) is -0.825. The Labute approximate surface area is 212 Å². The Morgan fingerprint density at radius 1 is 1.00 bits per heavy atom. The van der Waals surface area contributed by atoms with E-state index in [1.54, 1.807) is 42.5 Å². The monoisotopic (exact) mass is 534 g/mol. The van der Waals surface area contributed by atoms with Crippen molar-refractivity contribution in [2.45, 2.75) is 4.90 Å². The number of nitrogens with two attached hydrogens (primary N) is 1. The number of amides is 2. The number of rotatable bonds is 10. The number of carbonyl (C=O) groups excluding carboxylic acids is 2. The second-order valence-electron chi connectivity index (χ2n) is 7.07. The SMILES string of the molecule is NC(=O)COc1ccc(/C=N\NC(=O)CN(c2cc(Cl)cc(Cl)c2)S(=O)(=O)c2ccccc2)cc1. The van der Waals surface area contributed by atoms with Crippen LogP contribution in [-0.4, -0.2) is 39.6 Å². The molecule has 0 saturated carbocycles. The van der Waals surface area contributed by atoms with E-state index < -0.39 is 28.4 Å². The van der Waals surface area contributed by atoms with E-state index in [0.29, 0.717) is 11.3 Å². The Hall–Kier alpha value is -3.60. The van der Waals surface area contributed by atoms with Crippen molar-refractivity contribution < 1.29 is 22.7 Å². The number of nitrogens with one attached hydrogen (secondary N) is 1. The summed E-state index contributed by atoms with van der Waals surface area (Å²) >= 11 is 12.1. The van der Waals surface area contributed by atoms with Gasteiger partial charge in [0.05, 0.1) is 16.8 Å². The molecule has 35 heavy (non-hydrogen) atoms. The van der Waals surface area contributed by atoms with Crippen molar-refractivity contribution >= 4 is 56.9 Å². The van der Waals surface area contributed by atoms with E-state index in [1.165, 1.54) is 36.5 Å². The van der Waals surface area contributed by atoms with Crippen molar-refractivity contribution in [3.05, 3.63) is 88.4 Å². The van der Waals surface area contributed by atoms with Gasteiger partial charge in [0.2, 0.25) is 0 Å². The topological polar surface area (TPSA) is 131 Å². The fourth-order valence-electron chi connectivity index (χ4n) is 2.87. The number of hydrogen-bond donors (Lipinski definition) is 2. The molecule has 0 aliphatic heterocycles. The molecule has 0 fully saturated rings. The molecule has 0 atom stereocenters. The lowest BCUT2D eigenvalue weighted by Gasteiger charge is -2.24. The van der Waals surface area contributed by atoms with Crippen LogP contribution in [0.1, 0.15) is 5.56 Å². The number of ether oxygens (including phenoxy) is 1. The molecule has 3 aromatic carbocycles. The van der Waals surface area contributed by atoms with E-state index in [9.17, 15) is 18.0 Å². The molecule has 2 amide bonds. The van der Waals surface area contributed by atoms with Gasteiger partial charge in [-0.1, -0.05) is 41.4 Å². The van der Waals surface area contributed by atoms with Gasteiger partial charge in [-0.05, 0) is 60.2 Å². The predicted octanol–water partition coefficient (Wildman–Crippen LogP) is 3.20. The number of hydrogen-bond acceptors (Lipinski definition) is 6. The number of anilines is 1. The van der Waals surface area contributed by atoms with Crippen molar-refractivity contribution in [1.82, 2.24) is 5.43 Å². The second-order valence-corrected chi connectivity index (χ2v) is 9.80. The lowest BCUT2D eigenvalue weighted by molar-refractivity contribution is -0.120. The highest BCUT2D eigenvalue weighted by Crippen LogP contribution is 2.29. The molecule has 0 aliphatic carbocycles. The van der Waals surface area contributed by atoms with Crippen LogP contribution in [0, 0.1) is 0 Å². The summed E-state index contributed by atoms with van der Waals surface area (Å²) in [7, 11) is -4.12. The van der Waals surface area contributed by atoms with Gasteiger partial charge in [-0.15, -0.1) is 0 Å². The van der Waals surface area contributed by atoms with Crippen LogP contribution >= 0.6 is 23.2 Å². The van der Waals surface area contributed by atoms with Crippen LogP contribution in [0.15, 0.2) is 82.8 Å². The van der Waals surface area contributed by atoms with E-state index in [-0.39, 0.29) is 27.2 Å². The normalized spacial score (nSPS) is 11.3.